The molecule has 2 amide bonds. The van der Waals surface area contributed by atoms with Gasteiger partial charge in [-0.15, -0.1) is 23.4 Å². The Labute approximate surface area is 213 Å². The maximum absolute atomic E-state index is 12.8. The van der Waals surface area contributed by atoms with Gasteiger partial charge in [0.1, 0.15) is 11.9 Å². The van der Waals surface area contributed by atoms with Crippen molar-refractivity contribution in [2.45, 2.75) is 45.0 Å². The lowest BCUT2D eigenvalue weighted by molar-refractivity contribution is -0.274. The maximum atomic E-state index is 12.8. The van der Waals surface area contributed by atoms with Gasteiger partial charge in [0.2, 0.25) is 5.91 Å². The van der Waals surface area contributed by atoms with Crippen LogP contribution in [0.5, 0.6) is 5.75 Å². The predicted molar refractivity (Wildman–Crippen MR) is 124 cm³/mol. The SMILES string of the molecule is O=C(CN1CC(F)C1)Nc1cn(CCCCn2cc(C(=O)NCc3cccc(OC(F)(F)F)c3)nn2)nn1. The second-order valence-electron chi connectivity index (χ2n) is 8.66. The molecule has 4 rings (SSSR count). The van der Waals surface area contributed by atoms with E-state index in [-0.39, 0.29) is 43.5 Å². The summed E-state index contributed by atoms with van der Waals surface area (Å²) in [5.41, 5.74) is 0.499. The van der Waals surface area contributed by atoms with Crippen LogP contribution in [0.25, 0.3) is 0 Å². The molecule has 2 aromatic heterocycles. The molecular formula is C22H25F4N9O3. The van der Waals surface area contributed by atoms with Crippen molar-refractivity contribution >= 4 is 17.6 Å². The number of likely N-dealkylation sites (tertiary alicyclic amines) is 1. The third kappa shape index (κ3) is 8.22. The molecule has 1 aliphatic rings. The van der Waals surface area contributed by atoms with E-state index in [9.17, 15) is 27.2 Å². The van der Waals surface area contributed by atoms with Crippen LogP contribution in [0, 0.1) is 0 Å². The summed E-state index contributed by atoms with van der Waals surface area (Å²) in [6.45, 7) is 1.64. The summed E-state index contributed by atoms with van der Waals surface area (Å²) in [6.07, 6.45) is -1.18. The number of anilines is 1. The van der Waals surface area contributed by atoms with Gasteiger partial charge in [-0.2, -0.15) is 0 Å². The van der Waals surface area contributed by atoms with Crippen LogP contribution >= 0.6 is 0 Å². The Morgan fingerprint density at radius 3 is 2.47 bits per heavy atom. The Hall–Kier alpha value is -4.08. The highest BCUT2D eigenvalue weighted by molar-refractivity contribution is 5.92. The molecular weight excluding hydrogens is 514 g/mol. The normalized spacial score (nSPS) is 14.2. The van der Waals surface area contributed by atoms with Gasteiger partial charge in [0.15, 0.2) is 11.5 Å². The van der Waals surface area contributed by atoms with Gasteiger partial charge >= 0.3 is 6.36 Å². The molecule has 204 valence electrons. The average molecular weight is 539 g/mol. The number of hydrogen-bond acceptors (Lipinski definition) is 8. The maximum Gasteiger partial charge on any atom is 0.573 e. The number of aryl methyl sites for hydroxylation is 2. The summed E-state index contributed by atoms with van der Waals surface area (Å²) < 4.78 is 56.9. The lowest BCUT2D eigenvalue weighted by Crippen LogP contribution is -2.51. The summed E-state index contributed by atoms with van der Waals surface area (Å²) in [7, 11) is 0. The van der Waals surface area contributed by atoms with Gasteiger partial charge in [0, 0.05) is 32.7 Å². The molecule has 0 radical (unpaired) electrons. The third-order valence-electron chi connectivity index (χ3n) is 5.47. The second-order valence-corrected chi connectivity index (χ2v) is 8.66. The van der Waals surface area contributed by atoms with Crippen LogP contribution in [0.15, 0.2) is 36.7 Å². The zero-order valence-electron chi connectivity index (χ0n) is 20.1. The van der Waals surface area contributed by atoms with Gasteiger partial charge in [-0.05, 0) is 30.5 Å². The Morgan fingerprint density at radius 2 is 1.76 bits per heavy atom. The van der Waals surface area contributed by atoms with Gasteiger partial charge in [-0.25, -0.2) is 4.39 Å². The molecule has 12 nitrogen and oxygen atoms in total. The van der Waals surface area contributed by atoms with Crippen molar-refractivity contribution in [1.82, 2.24) is 40.2 Å². The molecule has 1 aliphatic heterocycles. The molecule has 38 heavy (non-hydrogen) atoms. The number of aromatic nitrogens is 6. The number of nitrogens with one attached hydrogen (secondary N) is 2. The van der Waals surface area contributed by atoms with Crippen LogP contribution in [0.3, 0.4) is 0 Å². The van der Waals surface area contributed by atoms with E-state index in [0.717, 1.165) is 0 Å². The van der Waals surface area contributed by atoms with Crippen molar-refractivity contribution < 1.29 is 31.9 Å². The quantitative estimate of drug-likeness (QED) is 0.263. The van der Waals surface area contributed by atoms with Crippen molar-refractivity contribution in [3.05, 3.63) is 47.9 Å². The molecule has 0 unspecified atom stereocenters. The second kappa shape index (κ2) is 12.0. The largest absolute Gasteiger partial charge is 0.573 e. The van der Waals surface area contributed by atoms with Crippen LogP contribution in [-0.4, -0.2) is 78.9 Å². The fraction of sp³-hybridized carbons (Fsp3) is 0.455. The minimum absolute atomic E-state index is 0.0164. The van der Waals surface area contributed by atoms with E-state index in [1.54, 1.807) is 21.8 Å². The van der Waals surface area contributed by atoms with Gasteiger partial charge in [0.05, 0.1) is 18.9 Å². The summed E-state index contributed by atoms with van der Waals surface area (Å²) in [4.78, 5) is 26.0. The highest BCUT2D eigenvalue weighted by Crippen LogP contribution is 2.23. The average Bonchev–Trinajstić information content (AvgIpc) is 3.48. The topological polar surface area (TPSA) is 132 Å². The molecule has 16 heteroatoms. The van der Waals surface area contributed by atoms with Crippen molar-refractivity contribution in [1.29, 1.82) is 0 Å². The smallest absolute Gasteiger partial charge is 0.406 e. The number of rotatable bonds is 12. The van der Waals surface area contributed by atoms with E-state index in [1.165, 1.54) is 29.1 Å². The third-order valence-corrected chi connectivity index (χ3v) is 5.47. The monoisotopic (exact) mass is 539 g/mol. The zero-order chi connectivity index (χ0) is 27.1. The highest BCUT2D eigenvalue weighted by Gasteiger charge is 2.31. The van der Waals surface area contributed by atoms with Gasteiger partial charge < -0.3 is 15.4 Å². The molecule has 0 bridgehead atoms. The summed E-state index contributed by atoms with van der Waals surface area (Å²) >= 11 is 0. The number of alkyl halides is 4. The zero-order valence-corrected chi connectivity index (χ0v) is 20.1. The molecule has 3 heterocycles. The van der Waals surface area contributed by atoms with E-state index in [2.05, 4.69) is 36.0 Å². The van der Waals surface area contributed by atoms with Crippen LogP contribution in [0.4, 0.5) is 23.4 Å². The molecule has 1 saturated heterocycles. The molecule has 0 spiro atoms. The number of ether oxygens (including phenoxy) is 1. The standard InChI is InChI=1S/C22H25F4N9O3/c23-16-10-33(11-16)14-20(36)28-19-13-35(32-30-19)7-2-1-6-34-12-18(29-31-34)21(37)27-9-15-4-3-5-17(8-15)38-22(24,25)26/h3-5,8,12-13,16H,1-2,6-7,9-11,14H2,(H,27,37)(H,28,36). The number of hydrogen-bond donors (Lipinski definition) is 2. The molecule has 3 aromatic rings. The molecule has 1 fully saturated rings. The van der Waals surface area contributed by atoms with Crippen molar-refractivity contribution in [3.63, 3.8) is 0 Å². The Balaban J connectivity index is 1.14. The number of unbranched alkanes of at least 4 members (excludes halogenated alkanes) is 1. The van der Waals surface area contributed by atoms with Crippen molar-refractivity contribution in [3.8, 4) is 5.75 Å². The fourth-order valence-electron chi connectivity index (χ4n) is 3.67. The van der Waals surface area contributed by atoms with E-state index < -0.39 is 18.4 Å². The number of nitrogens with zero attached hydrogens (tertiary/aromatic N) is 7. The van der Waals surface area contributed by atoms with Crippen molar-refractivity contribution in [2.75, 3.05) is 25.0 Å². The van der Waals surface area contributed by atoms with Crippen LogP contribution in [0.1, 0.15) is 28.9 Å². The first-order chi connectivity index (χ1) is 18.1. The van der Waals surface area contributed by atoms with Gasteiger partial charge in [0.25, 0.3) is 5.91 Å². The first-order valence-electron chi connectivity index (χ1n) is 11.7. The Kier molecular flexibility index (Phi) is 8.50. The van der Waals surface area contributed by atoms with Crippen LogP contribution < -0.4 is 15.4 Å². The van der Waals surface area contributed by atoms with Crippen LogP contribution in [0.2, 0.25) is 0 Å². The lowest BCUT2D eigenvalue weighted by atomic mass is 10.2. The van der Waals surface area contributed by atoms with Gasteiger partial charge in [-0.1, -0.05) is 22.6 Å². The molecule has 0 saturated carbocycles. The molecule has 0 aliphatic carbocycles. The fourth-order valence-corrected chi connectivity index (χ4v) is 3.67. The number of amides is 2. The number of carbonyl (C=O) groups is 2. The van der Waals surface area contributed by atoms with Gasteiger partial charge in [-0.3, -0.25) is 23.9 Å². The first kappa shape index (κ1) is 27.0. The Morgan fingerprint density at radius 1 is 1.05 bits per heavy atom. The Bertz CT molecular complexity index is 1240. The molecule has 2 N–H and O–H groups in total. The summed E-state index contributed by atoms with van der Waals surface area (Å²) in [6, 6.07) is 5.31. The molecule has 1 aromatic carbocycles. The first-order valence-corrected chi connectivity index (χ1v) is 11.7. The van der Waals surface area contributed by atoms with E-state index in [0.29, 0.717) is 37.3 Å². The summed E-state index contributed by atoms with van der Waals surface area (Å²) in [5.74, 6) is -0.853. The number of carbonyl (C=O) groups excluding carboxylic acids is 2. The molecule has 0 atom stereocenters. The van der Waals surface area contributed by atoms with Crippen LogP contribution in [-0.2, 0) is 24.4 Å². The lowest BCUT2D eigenvalue weighted by Gasteiger charge is -2.33. The van der Waals surface area contributed by atoms with Crippen molar-refractivity contribution in [2.24, 2.45) is 0 Å². The number of halogens is 4. The minimum atomic E-state index is -4.80. The van der Waals surface area contributed by atoms with E-state index in [1.807, 2.05) is 0 Å². The highest BCUT2D eigenvalue weighted by atomic mass is 19.4. The summed E-state index contributed by atoms with van der Waals surface area (Å²) in [5, 5.41) is 20.8. The number of benzene rings is 1. The van der Waals surface area contributed by atoms with E-state index >= 15 is 0 Å². The predicted octanol–water partition coefficient (Wildman–Crippen LogP) is 1.77. The van der Waals surface area contributed by atoms with E-state index in [4.69, 9.17) is 0 Å². The minimum Gasteiger partial charge on any atom is -0.406 e.